The number of anilines is 1. The molecule has 0 spiro atoms. The number of ether oxygens (including phenoxy) is 2. The molecule has 0 bridgehead atoms. The molecular weight excluding hydrogens is 426 g/mol. The van der Waals surface area contributed by atoms with Gasteiger partial charge in [-0.1, -0.05) is 48.5 Å². The summed E-state index contributed by atoms with van der Waals surface area (Å²) >= 11 is 0. The lowest BCUT2D eigenvalue weighted by atomic mass is 9.96. The molecule has 0 aromatic heterocycles. The minimum Gasteiger partial charge on any atom is -0.493 e. The first-order chi connectivity index (χ1) is 16.5. The number of hydrogen-bond acceptors (Lipinski definition) is 5. The summed E-state index contributed by atoms with van der Waals surface area (Å²) in [6, 6.07) is 24.6. The fourth-order valence-corrected chi connectivity index (χ4v) is 4.38. The standard InChI is InChI=1S/C28H33N3O3/c1-30(2)24-14-12-22(13-15-24)25(31-17-16-21-8-4-5-9-23(21)19-31)18-29-28(32)20-34-27-11-7-6-10-26(27)33-3/h4-15,25H,16-20H2,1-3H3,(H,29,32). The van der Waals surface area contributed by atoms with Crippen LogP contribution in [0, 0.1) is 0 Å². The summed E-state index contributed by atoms with van der Waals surface area (Å²) in [6.07, 6.45) is 1.01. The number of carbonyl (C=O) groups excluding carboxylic acids is 1. The van der Waals surface area contributed by atoms with E-state index < -0.39 is 0 Å². The summed E-state index contributed by atoms with van der Waals surface area (Å²) < 4.78 is 11.0. The van der Waals surface area contributed by atoms with E-state index in [1.807, 2.05) is 32.3 Å². The predicted molar refractivity (Wildman–Crippen MR) is 136 cm³/mol. The minimum atomic E-state index is -0.154. The number of methoxy groups -OCH3 is 1. The summed E-state index contributed by atoms with van der Waals surface area (Å²) in [5.74, 6) is 1.02. The molecule has 1 aliphatic heterocycles. The van der Waals surface area contributed by atoms with Crippen LogP contribution in [0.2, 0.25) is 0 Å². The molecule has 0 saturated carbocycles. The minimum absolute atomic E-state index is 0.0600. The van der Waals surface area contributed by atoms with Crippen LogP contribution in [0.4, 0.5) is 5.69 Å². The van der Waals surface area contributed by atoms with Gasteiger partial charge in [0.25, 0.3) is 5.91 Å². The molecule has 1 atom stereocenters. The van der Waals surface area contributed by atoms with Crippen molar-refractivity contribution in [1.82, 2.24) is 10.2 Å². The Morgan fingerprint density at radius 3 is 2.35 bits per heavy atom. The Kier molecular flexibility index (Phi) is 7.70. The van der Waals surface area contributed by atoms with Crippen LogP contribution in [0.15, 0.2) is 72.8 Å². The van der Waals surface area contributed by atoms with E-state index >= 15 is 0 Å². The maximum absolute atomic E-state index is 12.7. The number of nitrogens with zero attached hydrogens (tertiary/aromatic N) is 2. The molecule has 1 amide bonds. The van der Waals surface area contributed by atoms with Gasteiger partial charge in [-0.05, 0) is 47.4 Å². The zero-order valence-corrected chi connectivity index (χ0v) is 20.2. The normalized spacial score (nSPS) is 14.1. The van der Waals surface area contributed by atoms with E-state index in [2.05, 4.69) is 63.6 Å². The van der Waals surface area contributed by atoms with Crippen molar-refractivity contribution in [3.8, 4) is 11.5 Å². The Morgan fingerprint density at radius 1 is 0.971 bits per heavy atom. The molecule has 6 heteroatoms. The smallest absolute Gasteiger partial charge is 0.258 e. The molecule has 34 heavy (non-hydrogen) atoms. The first-order valence-electron chi connectivity index (χ1n) is 11.7. The van der Waals surface area contributed by atoms with E-state index in [9.17, 15) is 4.79 Å². The molecular formula is C28H33N3O3. The van der Waals surface area contributed by atoms with Crippen molar-refractivity contribution < 1.29 is 14.3 Å². The molecule has 178 valence electrons. The van der Waals surface area contributed by atoms with Gasteiger partial charge in [-0.2, -0.15) is 0 Å². The highest BCUT2D eigenvalue weighted by Crippen LogP contribution is 2.29. The molecule has 4 rings (SSSR count). The lowest BCUT2D eigenvalue weighted by Crippen LogP contribution is -2.41. The van der Waals surface area contributed by atoms with Gasteiger partial charge < -0.3 is 19.7 Å². The van der Waals surface area contributed by atoms with Gasteiger partial charge in [0.1, 0.15) is 0 Å². The third-order valence-corrected chi connectivity index (χ3v) is 6.32. The Hall–Kier alpha value is -3.51. The van der Waals surface area contributed by atoms with Crippen LogP contribution in [0.3, 0.4) is 0 Å². The molecule has 0 fully saturated rings. The lowest BCUT2D eigenvalue weighted by molar-refractivity contribution is -0.123. The van der Waals surface area contributed by atoms with Crippen LogP contribution < -0.4 is 19.7 Å². The summed E-state index contributed by atoms with van der Waals surface area (Å²) in [5.41, 5.74) is 5.11. The summed E-state index contributed by atoms with van der Waals surface area (Å²) in [7, 11) is 5.66. The second kappa shape index (κ2) is 11.1. The van der Waals surface area contributed by atoms with Crippen molar-refractivity contribution in [2.24, 2.45) is 0 Å². The van der Waals surface area contributed by atoms with Crippen molar-refractivity contribution in [2.45, 2.75) is 19.0 Å². The number of fused-ring (bicyclic) bond motifs is 1. The molecule has 1 N–H and O–H groups in total. The number of rotatable bonds is 9. The van der Waals surface area contributed by atoms with E-state index in [-0.39, 0.29) is 18.6 Å². The number of para-hydroxylation sites is 2. The van der Waals surface area contributed by atoms with Crippen molar-refractivity contribution in [2.75, 3.05) is 45.8 Å². The van der Waals surface area contributed by atoms with Crippen LogP contribution in [0.1, 0.15) is 22.7 Å². The summed E-state index contributed by atoms with van der Waals surface area (Å²) in [5, 5.41) is 3.09. The third kappa shape index (κ3) is 5.69. The van der Waals surface area contributed by atoms with Gasteiger partial charge in [0, 0.05) is 39.4 Å². The molecule has 0 aliphatic carbocycles. The van der Waals surface area contributed by atoms with E-state index in [0.717, 1.165) is 25.2 Å². The number of carbonyl (C=O) groups is 1. The molecule has 0 saturated heterocycles. The number of amides is 1. The summed E-state index contributed by atoms with van der Waals surface area (Å²) in [4.78, 5) is 17.2. The lowest BCUT2D eigenvalue weighted by Gasteiger charge is -2.36. The highest BCUT2D eigenvalue weighted by Gasteiger charge is 2.25. The van der Waals surface area contributed by atoms with Gasteiger partial charge in [0.15, 0.2) is 18.1 Å². The van der Waals surface area contributed by atoms with Crippen LogP contribution in [0.25, 0.3) is 0 Å². The van der Waals surface area contributed by atoms with Gasteiger partial charge in [0.05, 0.1) is 13.2 Å². The maximum Gasteiger partial charge on any atom is 0.258 e. The fraction of sp³-hybridized carbons (Fsp3) is 0.321. The Morgan fingerprint density at radius 2 is 1.65 bits per heavy atom. The maximum atomic E-state index is 12.7. The van der Waals surface area contributed by atoms with Gasteiger partial charge in [-0.25, -0.2) is 0 Å². The topological polar surface area (TPSA) is 54.0 Å². The number of hydrogen-bond donors (Lipinski definition) is 1. The van der Waals surface area contributed by atoms with Crippen LogP contribution in [-0.2, 0) is 17.8 Å². The third-order valence-electron chi connectivity index (χ3n) is 6.32. The quantitative estimate of drug-likeness (QED) is 0.523. The fourth-order valence-electron chi connectivity index (χ4n) is 4.38. The highest BCUT2D eigenvalue weighted by molar-refractivity contribution is 5.77. The van der Waals surface area contributed by atoms with Crippen molar-refractivity contribution in [3.63, 3.8) is 0 Å². The highest BCUT2D eigenvalue weighted by atomic mass is 16.5. The number of benzene rings is 3. The Bertz CT molecular complexity index is 1100. The average molecular weight is 460 g/mol. The zero-order chi connectivity index (χ0) is 23.9. The average Bonchev–Trinajstić information content (AvgIpc) is 2.88. The van der Waals surface area contributed by atoms with Crippen LogP contribution >= 0.6 is 0 Å². The van der Waals surface area contributed by atoms with Crippen LogP contribution in [-0.4, -0.2) is 51.7 Å². The van der Waals surface area contributed by atoms with Gasteiger partial charge in [-0.3, -0.25) is 9.69 Å². The molecule has 3 aromatic rings. The summed E-state index contributed by atoms with van der Waals surface area (Å²) in [6.45, 7) is 2.27. The predicted octanol–water partition coefficient (Wildman–Crippen LogP) is 4.06. The monoisotopic (exact) mass is 459 g/mol. The van der Waals surface area contributed by atoms with E-state index in [4.69, 9.17) is 9.47 Å². The van der Waals surface area contributed by atoms with E-state index in [0.29, 0.717) is 18.0 Å². The zero-order valence-electron chi connectivity index (χ0n) is 20.2. The number of nitrogens with one attached hydrogen (secondary N) is 1. The molecule has 0 radical (unpaired) electrons. The second-order valence-corrected chi connectivity index (χ2v) is 8.73. The first kappa shape index (κ1) is 23.6. The molecule has 1 heterocycles. The SMILES string of the molecule is COc1ccccc1OCC(=O)NCC(c1ccc(N(C)C)cc1)N1CCc2ccccc2C1. The van der Waals surface area contributed by atoms with Crippen LogP contribution in [0.5, 0.6) is 11.5 Å². The van der Waals surface area contributed by atoms with Crippen molar-refractivity contribution in [1.29, 1.82) is 0 Å². The molecule has 1 unspecified atom stereocenters. The van der Waals surface area contributed by atoms with Gasteiger partial charge in [-0.15, -0.1) is 0 Å². The molecule has 3 aromatic carbocycles. The first-order valence-corrected chi connectivity index (χ1v) is 11.7. The van der Waals surface area contributed by atoms with Crippen molar-refractivity contribution in [3.05, 3.63) is 89.5 Å². The largest absolute Gasteiger partial charge is 0.493 e. The molecule has 1 aliphatic rings. The molecule has 6 nitrogen and oxygen atoms in total. The Labute approximate surface area is 202 Å². The second-order valence-electron chi connectivity index (χ2n) is 8.73. The van der Waals surface area contributed by atoms with E-state index in [1.54, 1.807) is 13.2 Å². The Balaban J connectivity index is 1.45. The van der Waals surface area contributed by atoms with Gasteiger partial charge in [0.2, 0.25) is 0 Å². The van der Waals surface area contributed by atoms with Crippen molar-refractivity contribution >= 4 is 11.6 Å². The van der Waals surface area contributed by atoms with E-state index in [1.165, 1.54) is 16.7 Å². The van der Waals surface area contributed by atoms with Gasteiger partial charge >= 0.3 is 0 Å².